The van der Waals surface area contributed by atoms with Crippen molar-refractivity contribution in [3.05, 3.63) is 27.7 Å². The summed E-state index contributed by atoms with van der Waals surface area (Å²) in [6.45, 7) is 3.34. The van der Waals surface area contributed by atoms with E-state index in [-0.39, 0.29) is 6.79 Å². The summed E-state index contributed by atoms with van der Waals surface area (Å²) in [6.07, 6.45) is 0. The van der Waals surface area contributed by atoms with Gasteiger partial charge < -0.3 is 14.8 Å². The lowest BCUT2D eigenvalue weighted by atomic mass is 10.2. The van der Waals surface area contributed by atoms with E-state index < -0.39 is 0 Å². The third-order valence-corrected chi connectivity index (χ3v) is 2.44. The zero-order chi connectivity index (χ0) is 12.0. The van der Waals surface area contributed by atoms with Crippen molar-refractivity contribution in [2.75, 3.05) is 20.4 Å². The summed E-state index contributed by atoms with van der Waals surface area (Å²) in [5, 5.41) is 4.13. The molecule has 0 aliphatic heterocycles. The monoisotopic (exact) mass is 263 g/mol. The fourth-order valence-corrected chi connectivity index (χ4v) is 1.87. The fraction of sp³-hybridized carbons (Fsp3) is 0.455. The van der Waals surface area contributed by atoms with Crippen LogP contribution in [0.4, 0.5) is 0 Å². The molecule has 0 spiro atoms. The molecule has 1 rings (SSSR count). The van der Waals surface area contributed by atoms with Crippen LogP contribution in [-0.2, 0) is 11.3 Å². The van der Waals surface area contributed by atoms with Gasteiger partial charge in [-0.05, 0) is 26.1 Å². The van der Waals surface area contributed by atoms with E-state index in [1.165, 1.54) is 0 Å². The summed E-state index contributed by atoms with van der Waals surface area (Å²) in [6, 6.07) is 3.48. The Morgan fingerprint density at radius 1 is 1.31 bits per heavy atom. The molecule has 90 valence electrons. The molecule has 0 aliphatic carbocycles. The highest BCUT2D eigenvalue weighted by molar-refractivity contribution is 6.35. The Bertz CT molecular complexity index is 345. The maximum atomic E-state index is 6.06. The largest absolute Gasteiger partial charge is 0.466 e. The van der Waals surface area contributed by atoms with Gasteiger partial charge in [0.1, 0.15) is 5.75 Å². The van der Waals surface area contributed by atoms with E-state index in [0.717, 1.165) is 5.56 Å². The zero-order valence-corrected chi connectivity index (χ0v) is 10.9. The normalized spacial score (nSPS) is 10.5. The predicted molar refractivity (Wildman–Crippen MR) is 66.3 cm³/mol. The van der Waals surface area contributed by atoms with Gasteiger partial charge in [-0.15, -0.1) is 0 Å². The van der Waals surface area contributed by atoms with Gasteiger partial charge in [0.25, 0.3) is 0 Å². The van der Waals surface area contributed by atoms with Gasteiger partial charge in [0, 0.05) is 23.7 Å². The second-order valence-electron chi connectivity index (χ2n) is 3.16. The van der Waals surface area contributed by atoms with Gasteiger partial charge in [-0.2, -0.15) is 0 Å². The van der Waals surface area contributed by atoms with Crippen LogP contribution in [0.15, 0.2) is 12.1 Å². The van der Waals surface area contributed by atoms with Crippen LogP contribution in [0.2, 0.25) is 10.0 Å². The van der Waals surface area contributed by atoms with Crippen LogP contribution in [0.3, 0.4) is 0 Å². The summed E-state index contributed by atoms with van der Waals surface area (Å²) in [4.78, 5) is 0. The lowest BCUT2D eigenvalue weighted by Gasteiger charge is -2.13. The zero-order valence-electron chi connectivity index (χ0n) is 9.35. The number of rotatable bonds is 6. The molecule has 0 saturated heterocycles. The van der Waals surface area contributed by atoms with Crippen molar-refractivity contribution in [2.24, 2.45) is 0 Å². The van der Waals surface area contributed by atoms with Crippen LogP contribution in [0.1, 0.15) is 12.5 Å². The molecule has 16 heavy (non-hydrogen) atoms. The molecule has 0 fully saturated rings. The van der Waals surface area contributed by atoms with Crippen molar-refractivity contribution >= 4 is 23.2 Å². The van der Waals surface area contributed by atoms with Gasteiger partial charge in [0.2, 0.25) is 0 Å². The van der Waals surface area contributed by atoms with Crippen LogP contribution in [-0.4, -0.2) is 20.4 Å². The number of nitrogens with one attached hydrogen (secondary N) is 1. The van der Waals surface area contributed by atoms with Gasteiger partial charge in [-0.3, -0.25) is 0 Å². The average Bonchev–Trinajstić information content (AvgIpc) is 2.22. The molecule has 0 saturated carbocycles. The first-order valence-corrected chi connectivity index (χ1v) is 5.77. The first kappa shape index (κ1) is 13.6. The minimum atomic E-state index is 0.189. The topological polar surface area (TPSA) is 30.5 Å². The maximum absolute atomic E-state index is 6.06. The third-order valence-electron chi connectivity index (χ3n) is 1.94. The quantitative estimate of drug-likeness (QED) is 0.632. The van der Waals surface area contributed by atoms with E-state index >= 15 is 0 Å². The van der Waals surface area contributed by atoms with E-state index in [2.05, 4.69) is 5.32 Å². The molecular weight excluding hydrogens is 249 g/mol. The summed E-state index contributed by atoms with van der Waals surface area (Å²) < 4.78 is 10.6. The molecule has 0 atom stereocenters. The minimum Gasteiger partial charge on any atom is -0.466 e. The first-order valence-electron chi connectivity index (χ1n) is 5.02. The Morgan fingerprint density at radius 3 is 2.69 bits per heavy atom. The van der Waals surface area contributed by atoms with Crippen LogP contribution in [0.25, 0.3) is 0 Å². The minimum absolute atomic E-state index is 0.189. The SMILES string of the molecule is CCOCOc1c(Cl)cc(Cl)cc1CNC. The fourth-order valence-electron chi connectivity index (χ4n) is 1.28. The van der Waals surface area contributed by atoms with Crippen LogP contribution >= 0.6 is 23.2 Å². The van der Waals surface area contributed by atoms with E-state index in [0.29, 0.717) is 28.9 Å². The molecule has 5 heteroatoms. The van der Waals surface area contributed by atoms with E-state index in [1.54, 1.807) is 6.07 Å². The Labute approximate surface area is 106 Å². The Kier molecular flexibility index (Phi) is 5.91. The summed E-state index contributed by atoms with van der Waals surface area (Å²) in [5.41, 5.74) is 0.916. The number of hydrogen-bond donors (Lipinski definition) is 1. The van der Waals surface area contributed by atoms with Crippen molar-refractivity contribution in [1.29, 1.82) is 0 Å². The standard InChI is InChI=1S/C11H15Cl2NO2/c1-3-15-7-16-11-8(6-14-2)4-9(12)5-10(11)13/h4-5,14H,3,6-7H2,1-2H3. The summed E-state index contributed by atoms with van der Waals surface area (Å²) in [7, 11) is 1.85. The number of ether oxygens (including phenoxy) is 2. The van der Waals surface area contributed by atoms with Gasteiger partial charge in [-0.25, -0.2) is 0 Å². The first-order chi connectivity index (χ1) is 7.69. The number of hydrogen-bond acceptors (Lipinski definition) is 3. The third kappa shape index (κ3) is 3.83. The Morgan fingerprint density at radius 2 is 2.06 bits per heavy atom. The smallest absolute Gasteiger partial charge is 0.189 e. The second-order valence-corrected chi connectivity index (χ2v) is 4.00. The molecule has 0 amide bonds. The lowest BCUT2D eigenvalue weighted by molar-refractivity contribution is 0.0218. The molecule has 3 nitrogen and oxygen atoms in total. The molecule has 1 aromatic rings. The van der Waals surface area contributed by atoms with Gasteiger partial charge >= 0.3 is 0 Å². The van der Waals surface area contributed by atoms with Crippen molar-refractivity contribution in [3.8, 4) is 5.75 Å². The predicted octanol–water partition coefficient (Wildman–Crippen LogP) is 3.09. The van der Waals surface area contributed by atoms with E-state index in [4.69, 9.17) is 32.7 Å². The van der Waals surface area contributed by atoms with Crippen molar-refractivity contribution in [2.45, 2.75) is 13.5 Å². The highest BCUT2D eigenvalue weighted by Crippen LogP contribution is 2.32. The highest BCUT2D eigenvalue weighted by Gasteiger charge is 2.10. The molecule has 1 N–H and O–H groups in total. The number of halogens is 2. The van der Waals surface area contributed by atoms with Crippen LogP contribution in [0, 0.1) is 0 Å². The summed E-state index contributed by atoms with van der Waals surface area (Å²) in [5.74, 6) is 0.619. The Balaban J connectivity index is 2.85. The molecule has 1 aromatic carbocycles. The molecule has 0 bridgehead atoms. The van der Waals surface area contributed by atoms with Gasteiger partial charge in [0.05, 0.1) is 5.02 Å². The lowest BCUT2D eigenvalue weighted by Crippen LogP contribution is -2.09. The van der Waals surface area contributed by atoms with E-state index in [9.17, 15) is 0 Å². The molecule has 0 unspecified atom stereocenters. The average molecular weight is 264 g/mol. The molecule has 0 aromatic heterocycles. The van der Waals surface area contributed by atoms with Crippen molar-refractivity contribution in [3.63, 3.8) is 0 Å². The highest BCUT2D eigenvalue weighted by atomic mass is 35.5. The molecule has 0 aliphatic rings. The second kappa shape index (κ2) is 6.97. The maximum Gasteiger partial charge on any atom is 0.189 e. The molecule has 0 heterocycles. The van der Waals surface area contributed by atoms with Gasteiger partial charge in [-0.1, -0.05) is 23.2 Å². The Hall–Kier alpha value is -0.480. The van der Waals surface area contributed by atoms with Crippen molar-refractivity contribution < 1.29 is 9.47 Å². The molecule has 0 radical (unpaired) electrons. The van der Waals surface area contributed by atoms with E-state index in [1.807, 2.05) is 20.0 Å². The van der Waals surface area contributed by atoms with Crippen LogP contribution < -0.4 is 10.1 Å². The van der Waals surface area contributed by atoms with Crippen LogP contribution in [0.5, 0.6) is 5.75 Å². The number of benzene rings is 1. The van der Waals surface area contributed by atoms with Crippen molar-refractivity contribution in [1.82, 2.24) is 5.32 Å². The summed E-state index contributed by atoms with van der Waals surface area (Å²) >= 11 is 12.0. The van der Waals surface area contributed by atoms with Gasteiger partial charge in [0.15, 0.2) is 6.79 Å². The molecular formula is C11H15Cl2NO2.